The van der Waals surface area contributed by atoms with Crippen LogP contribution in [0, 0.1) is 5.82 Å². The molecule has 4 nitrogen and oxygen atoms in total. The van der Waals surface area contributed by atoms with Gasteiger partial charge in [0.1, 0.15) is 5.82 Å². The van der Waals surface area contributed by atoms with Crippen LogP contribution in [0.15, 0.2) is 59.6 Å². The first kappa shape index (κ1) is 20.3. The third kappa shape index (κ3) is 5.10. The fourth-order valence-corrected chi connectivity index (χ4v) is 3.68. The summed E-state index contributed by atoms with van der Waals surface area (Å²) in [6, 6.07) is 17.3. The van der Waals surface area contributed by atoms with E-state index in [0.717, 1.165) is 30.9 Å². The lowest BCUT2D eigenvalue weighted by Gasteiger charge is -2.36. The Labute approximate surface area is 167 Å². The van der Waals surface area contributed by atoms with Crippen molar-refractivity contribution in [3.8, 4) is 0 Å². The van der Waals surface area contributed by atoms with Gasteiger partial charge in [0.15, 0.2) is 5.96 Å². The van der Waals surface area contributed by atoms with Crippen molar-refractivity contribution in [1.29, 1.82) is 0 Å². The van der Waals surface area contributed by atoms with E-state index in [1.54, 1.807) is 0 Å². The van der Waals surface area contributed by atoms with Crippen molar-refractivity contribution in [2.45, 2.75) is 38.1 Å². The maximum Gasteiger partial charge on any atom is 0.191 e. The Kier molecular flexibility index (Phi) is 7.04. The van der Waals surface area contributed by atoms with Gasteiger partial charge in [-0.25, -0.2) is 4.39 Å². The average molecular weight is 384 g/mol. The molecule has 1 heterocycles. The predicted molar refractivity (Wildman–Crippen MR) is 112 cm³/mol. The van der Waals surface area contributed by atoms with Crippen molar-refractivity contribution in [2.24, 2.45) is 4.99 Å². The van der Waals surface area contributed by atoms with Crippen LogP contribution in [0.4, 0.5) is 4.39 Å². The number of benzene rings is 2. The quantitative estimate of drug-likeness (QED) is 0.581. The van der Waals surface area contributed by atoms with E-state index in [-0.39, 0.29) is 17.3 Å². The molecule has 3 rings (SSSR count). The first-order chi connectivity index (χ1) is 13.6. The summed E-state index contributed by atoms with van der Waals surface area (Å²) in [5.41, 5.74) is 2.23. The molecule has 28 heavy (non-hydrogen) atoms. The summed E-state index contributed by atoms with van der Waals surface area (Å²) in [5, 5.41) is 6.85. The highest BCUT2D eigenvalue weighted by Crippen LogP contribution is 2.35. The van der Waals surface area contributed by atoms with Crippen molar-refractivity contribution in [3.63, 3.8) is 0 Å². The van der Waals surface area contributed by atoms with Crippen LogP contribution in [0.3, 0.4) is 0 Å². The summed E-state index contributed by atoms with van der Waals surface area (Å²) in [5.74, 6) is 0.591. The van der Waals surface area contributed by atoms with E-state index in [4.69, 9.17) is 9.73 Å². The van der Waals surface area contributed by atoms with Crippen LogP contribution in [0.25, 0.3) is 0 Å². The minimum Gasteiger partial charge on any atom is -0.381 e. The van der Waals surface area contributed by atoms with Crippen molar-refractivity contribution in [2.75, 3.05) is 26.3 Å². The Morgan fingerprint density at radius 1 is 1.11 bits per heavy atom. The van der Waals surface area contributed by atoms with Crippen LogP contribution < -0.4 is 10.6 Å². The van der Waals surface area contributed by atoms with Gasteiger partial charge in [-0.3, -0.25) is 4.99 Å². The van der Waals surface area contributed by atoms with E-state index in [1.165, 1.54) is 17.7 Å². The van der Waals surface area contributed by atoms with E-state index in [0.29, 0.717) is 19.8 Å². The number of rotatable bonds is 6. The van der Waals surface area contributed by atoms with Gasteiger partial charge in [0.05, 0.1) is 12.6 Å². The zero-order valence-electron chi connectivity index (χ0n) is 16.7. The first-order valence-corrected chi connectivity index (χ1v) is 10.1. The highest BCUT2D eigenvalue weighted by molar-refractivity contribution is 5.80. The number of hydrogen-bond donors (Lipinski definition) is 2. The second-order valence-corrected chi connectivity index (χ2v) is 7.37. The number of ether oxygens (including phenoxy) is 1. The number of nitrogens with one attached hydrogen (secondary N) is 2. The molecule has 1 atom stereocenters. The molecule has 0 aromatic heterocycles. The molecule has 0 saturated carbocycles. The number of nitrogens with zero attached hydrogens (tertiary/aromatic N) is 1. The van der Waals surface area contributed by atoms with Crippen molar-refractivity contribution < 1.29 is 9.13 Å². The van der Waals surface area contributed by atoms with Gasteiger partial charge in [0.25, 0.3) is 0 Å². The Hall–Kier alpha value is -2.40. The predicted octanol–water partition coefficient (Wildman–Crippen LogP) is 4.19. The smallest absolute Gasteiger partial charge is 0.191 e. The maximum atomic E-state index is 13.4. The first-order valence-electron chi connectivity index (χ1n) is 10.1. The van der Waals surface area contributed by atoms with Crippen LogP contribution in [0.5, 0.6) is 0 Å². The van der Waals surface area contributed by atoms with Crippen LogP contribution in [-0.4, -0.2) is 32.3 Å². The van der Waals surface area contributed by atoms with Gasteiger partial charge < -0.3 is 15.4 Å². The summed E-state index contributed by atoms with van der Waals surface area (Å²) in [6.07, 6.45) is 1.77. The second kappa shape index (κ2) is 9.69. The molecule has 0 spiro atoms. The molecule has 0 amide bonds. The molecule has 1 unspecified atom stereocenters. The highest BCUT2D eigenvalue weighted by Gasteiger charge is 2.34. The molecule has 1 fully saturated rings. The molecule has 0 aliphatic carbocycles. The molecule has 2 aromatic rings. The van der Waals surface area contributed by atoms with Crippen LogP contribution in [0.1, 0.15) is 43.9 Å². The van der Waals surface area contributed by atoms with Gasteiger partial charge in [-0.2, -0.15) is 0 Å². The minimum absolute atomic E-state index is 0.121. The largest absolute Gasteiger partial charge is 0.381 e. The maximum absolute atomic E-state index is 13.4. The monoisotopic (exact) mass is 383 g/mol. The van der Waals surface area contributed by atoms with Gasteiger partial charge >= 0.3 is 0 Å². The summed E-state index contributed by atoms with van der Waals surface area (Å²) >= 11 is 0. The van der Waals surface area contributed by atoms with Crippen LogP contribution in [-0.2, 0) is 10.2 Å². The Morgan fingerprint density at radius 2 is 1.79 bits per heavy atom. The molecule has 2 N–H and O–H groups in total. The third-order valence-corrected chi connectivity index (χ3v) is 5.44. The third-order valence-electron chi connectivity index (χ3n) is 5.44. The van der Waals surface area contributed by atoms with Crippen molar-refractivity contribution in [3.05, 3.63) is 71.5 Å². The van der Waals surface area contributed by atoms with Gasteiger partial charge in [-0.05, 0) is 49.9 Å². The second-order valence-electron chi connectivity index (χ2n) is 7.37. The minimum atomic E-state index is -0.207. The van der Waals surface area contributed by atoms with Gasteiger partial charge in [0.2, 0.25) is 0 Å². The van der Waals surface area contributed by atoms with Crippen LogP contribution in [0.2, 0.25) is 0 Å². The van der Waals surface area contributed by atoms with Crippen LogP contribution >= 0.6 is 0 Å². The van der Waals surface area contributed by atoms with Gasteiger partial charge in [-0.15, -0.1) is 0 Å². The van der Waals surface area contributed by atoms with E-state index in [9.17, 15) is 4.39 Å². The van der Waals surface area contributed by atoms with Gasteiger partial charge in [-0.1, -0.05) is 42.5 Å². The number of hydrogen-bond acceptors (Lipinski definition) is 2. The number of halogens is 1. The molecule has 0 bridgehead atoms. The number of guanidine groups is 1. The van der Waals surface area contributed by atoms with E-state index >= 15 is 0 Å². The lowest BCUT2D eigenvalue weighted by atomic mass is 9.74. The topological polar surface area (TPSA) is 45.7 Å². The molecule has 5 heteroatoms. The van der Waals surface area contributed by atoms with E-state index in [1.807, 2.05) is 30.3 Å². The number of aliphatic imine (C=N–C) groups is 1. The lowest BCUT2D eigenvalue weighted by Crippen LogP contribution is -2.42. The summed E-state index contributed by atoms with van der Waals surface area (Å²) < 4.78 is 19.0. The molecule has 1 saturated heterocycles. The molecular formula is C23H30FN3O. The molecule has 1 aliphatic rings. The highest BCUT2D eigenvalue weighted by atomic mass is 19.1. The summed E-state index contributed by atoms with van der Waals surface area (Å²) in [6.45, 7) is 7.04. The Bertz CT molecular complexity index is 755. The fraction of sp³-hybridized carbons (Fsp3) is 0.435. The van der Waals surface area contributed by atoms with Gasteiger partial charge in [0, 0.05) is 25.2 Å². The van der Waals surface area contributed by atoms with E-state index < -0.39 is 0 Å². The fourth-order valence-electron chi connectivity index (χ4n) is 3.68. The SMILES string of the molecule is CCNC(=NCC1(c2ccc(F)cc2)CCOCC1)NC(C)c1ccccc1. The molecule has 1 aliphatic heterocycles. The zero-order chi connectivity index (χ0) is 19.8. The van der Waals surface area contributed by atoms with Crippen molar-refractivity contribution in [1.82, 2.24) is 10.6 Å². The normalized spacial score (nSPS) is 17.8. The zero-order valence-corrected chi connectivity index (χ0v) is 16.7. The molecule has 0 radical (unpaired) electrons. The molecular weight excluding hydrogens is 353 g/mol. The average Bonchev–Trinajstić information content (AvgIpc) is 2.74. The molecule has 2 aromatic carbocycles. The Morgan fingerprint density at radius 3 is 2.43 bits per heavy atom. The lowest BCUT2D eigenvalue weighted by molar-refractivity contribution is 0.0530. The summed E-state index contributed by atoms with van der Waals surface area (Å²) in [4.78, 5) is 4.92. The molecule has 150 valence electrons. The Balaban J connectivity index is 1.79. The standard InChI is InChI=1S/C23H30FN3O/c1-3-25-22(27-18(2)19-7-5-4-6-8-19)26-17-23(13-15-28-16-14-23)20-9-11-21(24)12-10-20/h4-12,18H,3,13-17H2,1-2H3,(H2,25,26,27). The van der Waals surface area contributed by atoms with E-state index in [2.05, 4.69) is 36.6 Å². The van der Waals surface area contributed by atoms with Crippen molar-refractivity contribution >= 4 is 5.96 Å². The summed E-state index contributed by atoms with van der Waals surface area (Å²) in [7, 11) is 0.